The minimum atomic E-state index is -0.699. The van der Waals surface area contributed by atoms with Crippen molar-refractivity contribution in [2.24, 2.45) is 23.7 Å². The van der Waals surface area contributed by atoms with Crippen molar-refractivity contribution in [2.45, 2.75) is 27.2 Å². The number of para-hydroxylation sites is 1. The number of carbonyl (C=O) groups excluding carboxylic acids is 4. The first-order chi connectivity index (χ1) is 16.3. The Balaban J connectivity index is 1.27. The summed E-state index contributed by atoms with van der Waals surface area (Å²) < 4.78 is 5.20. The fourth-order valence-electron chi connectivity index (χ4n) is 5.70. The third-order valence-corrected chi connectivity index (χ3v) is 7.30. The number of rotatable bonds is 5. The molecule has 0 radical (unpaired) electrons. The molecule has 3 aliphatic rings. The van der Waals surface area contributed by atoms with E-state index >= 15 is 0 Å². The molecule has 1 saturated heterocycles. The van der Waals surface area contributed by atoms with Crippen LogP contribution in [-0.4, -0.2) is 30.3 Å². The van der Waals surface area contributed by atoms with Gasteiger partial charge in [0.05, 0.1) is 23.1 Å². The maximum Gasteiger partial charge on any atom is 0.338 e. The average Bonchev–Trinajstić information content (AvgIpc) is 3.45. The predicted molar refractivity (Wildman–Crippen MR) is 126 cm³/mol. The number of esters is 1. The number of amides is 3. The average molecular weight is 459 g/mol. The number of anilines is 2. The van der Waals surface area contributed by atoms with Crippen LogP contribution in [-0.2, 0) is 19.1 Å². The van der Waals surface area contributed by atoms with Crippen LogP contribution in [0, 0.1) is 37.5 Å². The number of aryl methyl sites for hydroxylation is 2. The number of fused-ring (bicyclic) bond motifs is 5. The highest BCUT2D eigenvalue weighted by atomic mass is 16.5. The van der Waals surface area contributed by atoms with Crippen molar-refractivity contribution in [3.05, 3.63) is 70.8 Å². The van der Waals surface area contributed by atoms with Gasteiger partial charge in [-0.2, -0.15) is 0 Å². The minimum absolute atomic E-state index is 0.111. The lowest BCUT2D eigenvalue weighted by Crippen LogP contribution is -2.33. The van der Waals surface area contributed by atoms with Crippen molar-refractivity contribution in [1.29, 1.82) is 0 Å². The van der Waals surface area contributed by atoms with Gasteiger partial charge in [-0.3, -0.25) is 14.4 Å². The molecule has 2 bridgehead atoms. The number of hydrogen-bond acceptors (Lipinski definition) is 5. The molecule has 1 N–H and O–H groups in total. The van der Waals surface area contributed by atoms with Crippen molar-refractivity contribution in [2.75, 3.05) is 16.8 Å². The van der Waals surface area contributed by atoms with Gasteiger partial charge in [0.2, 0.25) is 11.8 Å². The van der Waals surface area contributed by atoms with Crippen molar-refractivity contribution < 1.29 is 23.9 Å². The van der Waals surface area contributed by atoms with Gasteiger partial charge in [0, 0.05) is 5.69 Å². The zero-order valence-corrected chi connectivity index (χ0v) is 19.3. The maximum atomic E-state index is 13.2. The molecule has 0 spiro atoms. The number of nitrogens with one attached hydrogen (secondary N) is 1. The standard InChI is InChI=1S/C27H26N2O5/c1-14-6-4-7-15(2)24(14)28-21(30)13-34-27(33)17-8-5-9-19(11-17)29-25(31)22-18-10-16(3)20(12-18)23(22)26(29)32/h4-11,18,20,22-23H,12-13H2,1-3H3,(H,28,30)/t18-,20+,22-,23-/m0/s1. The number of benzene rings is 2. The van der Waals surface area contributed by atoms with Gasteiger partial charge in [-0.05, 0) is 68.4 Å². The Bertz CT molecular complexity index is 1240. The molecule has 2 aliphatic carbocycles. The molecule has 1 heterocycles. The summed E-state index contributed by atoms with van der Waals surface area (Å²) in [7, 11) is 0. The van der Waals surface area contributed by atoms with Crippen LogP contribution in [0.4, 0.5) is 11.4 Å². The van der Waals surface area contributed by atoms with E-state index in [1.807, 2.05) is 39.0 Å². The Kier molecular flexibility index (Phi) is 5.35. The molecule has 1 saturated carbocycles. The number of hydrogen-bond donors (Lipinski definition) is 1. The van der Waals surface area contributed by atoms with Crippen molar-refractivity contribution in [3.63, 3.8) is 0 Å². The highest BCUT2D eigenvalue weighted by Crippen LogP contribution is 2.55. The third kappa shape index (κ3) is 3.52. The molecule has 5 rings (SSSR count). The minimum Gasteiger partial charge on any atom is -0.452 e. The first-order valence-corrected chi connectivity index (χ1v) is 11.5. The first kappa shape index (κ1) is 22.1. The largest absolute Gasteiger partial charge is 0.452 e. The Morgan fingerprint density at radius 2 is 1.68 bits per heavy atom. The lowest BCUT2D eigenvalue weighted by atomic mass is 9.82. The van der Waals surface area contributed by atoms with Gasteiger partial charge in [0.15, 0.2) is 6.61 Å². The van der Waals surface area contributed by atoms with Crippen LogP contribution < -0.4 is 10.2 Å². The van der Waals surface area contributed by atoms with E-state index < -0.39 is 18.5 Å². The Hall–Kier alpha value is -3.74. The number of carbonyl (C=O) groups is 4. The number of nitrogens with zero attached hydrogens (tertiary/aromatic N) is 1. The van der Waals surface area contributed by atoms with Crippen LogP contribution in [0.25, 0.3) is 0 Å². The third-order valence-electron chi connectivity index (χ3n) is 7.30. The van der Waals surface area contributed by atoms with E-state index in [0.717, 1.165) is 17.5 Å². The van der Waals surface area contributed by atoms with Crippen molar-refractivity contribution in [1.82, 2.24) is 0 Å². The monoisotopic (exact) mass is 458 g/mol. The van der Waals surface area contributed by atoms with Crippen LogP contribution in [0.1, 0.15) is 34.8 Å². The molecular formula is C27H26N2O5. The fraction of sp³-hybridized carbons (Fsp3) is 0.333. The second-order valence-electron chi connectivity index (χ2n) is 9.42. The zero-order chi connectivity index (χ0) is 24.1. The van der Waals surface area contributed by atoms with E-state index in [4.69, 9.17) is 4.74 Å². The van der Waals surface area contributed by atoms with Gasteiger partial charge < -0.3 is 10.1 Å². The molecule has 2 fully saturated rings. The number of imide groups is 1. The highest BCUT2D eigenvalue weighted by Gasteiger charge is 2.60. The molecule has 0 aromatic heterocycles. The Morgan fingerprint density at radius 3 is 2.41 bits per heavy atom. The Labute approximate surface area is 197 Å². The van der Waals surface area contributed by atoms with Crippen LogP contribution in [0.5, 0.6) is 0 Å². The van der Waals surface area contributed by atoms with Crippen LogP contribution in [0.2, 0.25) is 0 Å². The molecule has 0 unspecified atom stereocenters. The molecule has 174 valence electrons. The zero-order valence-electron chi connectivity index (χ0n) is 19.3. The van der Waals surface area contributed by atoms with E-state index in [1.54, 1.807) is 12.1 Å². The summed E-state index contributed by atoms with van der Waals surface area (Å²) >= 11 is 0. The van der Waals surface area contributed by atoms with Crippen molar-refractivity contribution >= 4 is 35.1 Å². The molecule has 7 nitrogen and oxygen atoms in total. The van der Waals surface area contributed by atoms with Crippen LogP contribution in [0.3, 0.4) is 0 Å². The van der Waals surface area contributed by atoms with Gasteiger partial charge >= 0.3 is 5.97 Å². The summed E-state index contributed by atoms with van der Waals surface area (Å²) in [6, 6.07) is 11.9. The predicted octanol–water partition coefficient (Wildman–Crippen LogP) is 3.80. The molecule has 1 aliphatic heterocycles. The quantitative estimate of drug-likeness (QED) is 0.418. The SMILES string of the molecule is CC1=C[C@H]2C[C@H]1[C@@H]1C(=O)N(c3cccc(C(=O)OCC(=O)Nc4c(C)cccc4C)c3)C(=O)[C@H]12. The molecule has 34 heavy (non-hydrogen) atoms. The normalized spacial score (nSPS) is 24.8. The van der Waals surface area contributed by atoms with E-state index in [-0.39, 0.29) is 41.0 Å². The van der Waals surface area contributed by atoms with Gasteiger partial charge in [0.25, 0.3) is 5.91 Å². The second-order valence-corrected chi connectivity index (χ2v) is 9.42. The van der Waals surface area contributed by atoms with Gasteiger partial charge in [-0.25, -0.2) is 9.69 Å². The summed E-state index contributed by atoms with van der Waals surface area (Å²) in [5.41, 5.74) is 4.24. The number of allylic oxidation sites excluding steroid dienone is 2. The summed E-state index contributed by atoms with van der Waals surface area (Å²) in [6.45, 7) is 5.35. The summed E-state index contributed by atoms with van der Waals surface area (Å²) in [5, 5.41) is 2.77. The van der Waals surface area contributed by atoms with Crippen LogP contribution >= 0.6 is 0 Å². The van der Waals surface area contributed by atoms with Crippen molar-refractivity contribution in [3.8, 4) is 0 Å². The van der Waals surface area contributed by atoms with Crippen LogP contribution in [0.15, 0.2) is 54.1 Å². The van der Waals surface area contributed by atoms with E-state index in [0.29, 0.717) is 11.4 Å². The van der Waals surface area contributed by atoms with E-state index in [9.17, 15) is 19.2 Å². The second kappa shape index (κ2) is 8.24. The summed E-state index contributed by atoms with van der Waals surface area (Å²) in [5.74, 6) is -1.94. The van der Waals surface area contributed by atoms with Gasteiger partial charge in [-0.1, -0.05) is 35.9 Å². The summed E-state index contributed by atoms with van der Waals surface area (Å²) in [6.07, 6.45) is 2.99. The molecule has 2 aromatic carbocycles. The maximum absolute atomic E-state index is 13.2. The van der Waals surface area contributed by atoms with Gasteiger partial charge in [-0.15, -0.1) is 0 Å². The Morgan fingerprint density at radius 1 is 1.00 bits per heavy atom. The van der Waals surface area contributed by atoms with E-state index in [1.165, 1.54) is 22.6 Å². The fourth-order valence-corrected chi connectivity index (χ4v) is 5.70. The lowest BCUT2D eigenvalue weighted by Gasteiger charge is -2.19. The molecule has 7 heteroatoms. The lowest BCUT2D eigenvalue weighted by molar-refractivity contribution is -0.123. The molecule has 2 aromatic rings. The van der Waals surface area contributed by atoms with Gasteiger partial charge in [0.1, 0.15) is 0 Å². The topological polar surface area (TPSA) is 92.8 Å². The van der Waals surface area contributed by atoms with E-state index in [2.05, 4.69) is 11.4 Å². The highest BCUT2D eigenvalue weighted by molar-refractivity contribution is 6.23. The molecular weight excluding hydrogens is 432 g/mol. The smallest absolute Gasteiger partial charge is 0.338 e. The number of ether oxygens (including phenoxy) is 1. The molecule has 4 atom stereocenters. The first-order valence-electron chi connectivity index (χ1n) is 11.5. The molecule has 3 amide bonds. The summed E-state index contributed by atoms with van der Waals surface area (Å²) in [4.78, 5) is 52.5.